The van der Waals surface area contributed by atoms with Crippen LogP contribution in [0.5, 0.6) is 11.5 Å². The lowest BCUT2D eigenvalue weighted by Gasteiger charge is -2.14. The molecule has 2 heterocycles. The van der Waals surface area contributed by atoms with E-state index in [9.17, 15) is 4.79 Å². The van der Waals surface area contributed by atoms with Gasteiger partial charge in [0.15, 0.2) is 5.65 Å². The second-order valence-corrected chi connectivity index (χ2v) is 8.97. The summed E-state index contributed by atoms with van der Waals surface area (Å²) >= 11 is 6.23. The highest BCUT2D eigenvalue weighted by atomic mass is 35.5. The number of fused-ring (bicyclic) bond motifs is 1. The van der Waals surface area contributed by atoms with Gasteiger partial charge in [0.25, 0.3) is 0 Å². The monoisotopic (exact) mass is 492 g/mol. The van der Waals surface area contributed by atoms with Gasteiger partial charge < -0.3 is 14.8 Å². The van der Waals surface area contributed by atoms with Crippen molar-refractivity contribution in [2.24, 2.45) is 0 Å². The molecule has 2 aromatic carbocycles. The number of methoxy groups -OCH3 is 2. The number of pyridine rings is 1. The number of nitrogens with one attached hydrogen (secondary N) is 1. The molecule has 7 nitrogen and oxygen atoms in total. The van der Waals surface area contributed by atoms with Gasteiger partial charge in [0.05, 0.1) is 36.3 Å². The number of carbonyl (C=O) groups excluding carboxylic acids is 1. The summed E-state index contributed by atoms with van der Waals surface area (Å²) in [5, 5.41) is 9.08. The summed E-state index contributed by atoms with van der Waals surface area (Å²) in [7, 11) is 3.06. The van der Waals surface area contributed by atoms with Crippen molar-refractivity contribution in [3.8, 4) is 17.2 Å². The van der Waals surface area contributed by atoms with Gasteiger partial charge in [0.2, 0.25) is 5.91 Å². The smallest absolute Gasteiger partial charge is 0.224 e. The number of benzene rings is 2. The third-order valence-electron chi connectivity index (χ3n) is 6.20. The fourth-order valence-electron chi connectivity index (χ4n) is 4.35. The first-order valence-electron chi connectivity index (χ1n) is 11.4. The van der Waals surface area contributed by atoms with Gasteiger partial charge in [-0.3, -0.25) is 4.79 Å². The number of ether oxygens (including phenoxy) is 2. The van der Waals surface area contributed by atoms with Crippen molar-refractivity contribution in [1.29, 1.82) is 0 Å². The van der Waals surface area contributed by atoms with E-state index in [2.05, 4.69) is 31.3 Å². The van der Waals surface area contributed by atoms with Gasteiger partial charge in [-0.2, -0.15) is 5.10 Å². The highest BCUT2D eigenvalue weighted by Gasteiger charge is 2.19. The van der Waals surface area contributed by atoms with E-state index in [1.807, 2.05) is 30.7 Å². The molecule has 0 bridgehead atoms. The maximum Gasteiger partial charge on any atom is 0.224 e. The fourth-order valence-corrected chi connectivity index (χ4v) is 4.59. The van der Waals surface area contributed by atoms with E-state index >= 15 is 0 Å². The molecule has 4 rings (SSSR count). The predicted octanol–water partition coefficient (Wildman–Crippen LogP) is 5.90. The molecule has 0 radical (unpaired) electrons. The maximum atomic E-state index is 12.8. The van der Waals surface area contributed by atoms with Crippen LogP contribution in [0.4, 0.5) is 5.69 Å². The molecular formula is C27H29ClN4O3. The topological polar surface area (TPSA) is 78.3 Å². The van der Waals surface area contributed by atoms with Gasteiger partial charge in [-0.25, -0.2) is 9.67 Å². The number of hydrogen-bond donors (Lipinski definition) is 1. The molecule has 0 saturated heterocycles. The van der Waals surface area contributed by atoms with E-state index in [-0.39, 0.29) is 12.3 Å². The highest BCUT2D eigenvalue weighted by molar-refractivity contribution is 6.32. The quantitative estimate of drug-likeness (QED) is 0.347. The number of aromatic nitrogens is 3. The molecule has 35 heavy (non-hydrogen) atoms. The molecule has 0 aliphatic heterocycles. The Morgan fingerprint density at radius 2 is 1.69 bits per heavy atom. The Hall–Kier alpha value is -3.58. The minimum atomic E-state index is -0.143. The normalized spacial score (nSPS) is 11.1. The lowest BCUT2D eigenvalue weighted by atomic mass is 9.99. The van der Waals surface area contributed by atoms with Gasteiger partial charge in [-0.05, 0) is 63.4 Å². The molecule has 0 saturated carbocycles. The lowest BCUT2D eigenvalue weighted by Crippen LogP contribution is -2.14. The van der Waals surface area contributed by atoms with Crippen LogP contribution in [0, 0.1) is 27.7 Å². The number of nitrogens with zero attached hydrogens (tertiary/aromatic N) is 3. The van der Waals surface area contributed by atoms with Crippen LogP contribution in [-0.2, 0) is 11.2 Å². The summed E-state index contributed by atoms with van der Waals surface area (Å²) in [6.07, 6.45) is 0.834. The number of amides is 1. The zero-order valence-corrected chi connectivity index (χ0v) is 21.6. The van der Waals surface area contributed by atoms with Crippen LogP contribution in [0.1, 0.15) is 34.5 Å². The molecule has 2 aromatic heterocycles. The maximum absolute atomic E-state index is 12.8. The van der Waals surface area contributed by atoms with Crippen LogP contribution in [0.15, 0.2) is 36.4 Å². The highest BCUT2D eigenvalue weighted by Crippen LogP contribution is 2.36. The van der Waals surface area contributed by atoms with Crippen molar-refractivity contribution in [1.82, 2.24) is 14.8 Å². The molecule has 0 unspecified atom stereocenters. The summed E-state index contributed by atoms with van der Waals surface area (Å²) in [4.78, 5) is 17.7. The number of carbonyl (C=O) groups is 1. The van der Waals surface area contributed by atoms with Gasteiger partial charge in [0, 0.05) is 23.6 Å². The summed E-state index contributed by atoms with van der Waals surface area (Å²) < 4.78 is 12.5. The zero-order valence-electron chi connectivity index (χ0n) is 20.8. The molecule has 8 heteroatoms. The predicted molar refractivity (Wildman–Crippen MR) is 139 cm³/mol. The molecule has 0 aliphatic rings. The number of halogens is 1. The minimum absolute atomic E-state index is 0.143. The first-order valence-corrected chi connectivity index (χ1v) is 11.7. The Bertz CT molecular complexity index is 1410. The van der Waals surface area contributed by atoms with Gasteiger partial charge in [-0.15, -0.1) is 0 Å². The molecule has 1 N–H and O–H groups in total. The Labute approximate surface area is 210 Å². The largest absolute Gasteiger partial charge is 0.495 e. The van der Waals surface area contributed by atoms with E-state index < -0.39 is 0 Å². The van der Waals surface area contributed by atoms with Crippen LogP contribution < -0.4 is 14.8 Å². The van der Waals surface area contributed by atoms with Crippen molar-refractivity contribution < 1.29 is 14.3 Å². The van der Waals surface area contributed by atoms with Gasteiger partial charge in [-0.1, -0.05) is 29.3 Å². The van der Waals surface area contributed by atoms with Gasteiger partial charge >= 0.3 is 0 Å². The zero-order chi connectivity index (χ0) is 25.3. The van der Waals surface area contributed by atoms with Crippen LogP contribution >= 0.6 is 11.6 Å². The molecule has 0 atom stereocenters. The van der Waals surface area contributed by atoms with Crippen molar-refractivity contribution in [2.45, 2.75) is 40.5 Å². The van der Waals surface area contributed by atoms with Crippen molar-refractivity contribution in [3.63, 3.8) is 0 Å². The molecule has 0 spiro atoms. The number of hydrogen-bond acceptors (Lipinski definition) is 5. The Morgan fingerprint density at radius 3 is 2.34 bits per heavy atom. The number of anilines is 1. The first-order chi connectivity index (χ1) is 16.7. The summed E-state index contributed by atoms with van der Waals surface area (Å²) in [6, 6.07) is 11.5. The molecule has 4 aromatic rings. The Morgan fingerprint density at radius 1 is 1.00 bits per heavy atom. The van der Waals surface area contributed by atoms with Crippen molar-refractivity contribution in [3.05, 3.63) is 69.5 Å². The van der Waals surface area contributed by atoms with E-state index in [1.54, 1.807) is 12.1 Å². The van der Waals surface area contributed by atoms with E-state index in [0.717, 1.165) is 39.2 Å². The SMILES string of the molecule is COc1cc(OC)c(NC(=O)CCc2c(C)nc3c(c(C)nn3-c3ccc(C)cc3)c2C)cc1Cl. The average molecular weight is 493 g/mol. The average Bonchev–Trinajstić information content (AvgIpc) is 3.15. The van der Waals surface area contributed by atoms with Crippen molar-refractivity contribution >= 4 is 34.2 Å². The van der Waals surface area contributed by atoms with E-state index in [0.29, 0.717) is 28.6 Å². The second kappa shape index (κ2) is 9.96. The standard InChI is InChI=1S/C27H29ClN4O3/c1-15-7-9-19(10-8-15)32-27-26(18(4)31-32)16(2)20(17(3)29-27)11-12-25(33)30-22-13-21(28)23(34-5)14-24(22)35-6/h7-10,13-14H,11-12H2,1-6H3,(H,30,33). The minimum Gasteiger partial charge on any atom is -0.495 e. The molecule has 0 fully saturated rings. The molecule has 0 aliphatic carbocycles. The van der Waals surface area contributed by atoms with Crippen molar-refractivity contribution in [2.75, 3.05) is 19.5 Å². The first kappa shape index (κ1) is 24.5. The van der Waals surface area contributed by atoms with Crippen LogP contribution in [0.2, 0.25) is 5.02 Å². The molecule has 182 valence electrons. The summed E-state index contributed by atoms with van der Waals surface area (Å²) in [6.45, 7) is 8.11. The second-order valence-electron chi connectivity index (χ2n) is 8.57. The van der Waals surface area contributed by atoms with Crippen LogP contribution in [-0.4, -0.2) is 34.9 Å². The Kier molecular flexibility index (Phi) is 6.98. The third-order valence-corrected chi connectivity index (χ3v) is 6.50. The molecule has 1 amide bonds. The summed E-state index contributed by atoms with van der Waals surface area (Å²) in [5.41, 5.74) is 7.44. The third kappa shape index (κ3) is 4.82. The van der Waals surface area contributed by atoms with Crippen LogP contribution in [0.25, 0.3) is 16.7 Å². The van der Waals surface area contributed by atoms with E-state index in [4.69, 9.17) is 31.2 Å². The van der Waals surface area contributed by atoms with Gasteiger partial charge in [0.1, 0.15) is 11.5 Å². The van der Waals surface area contributed by atoms with E-state index in [1.165, 1.54) is 19.8 Å². The fraction of sp³-hybridized carbons (Fsp3) is 0.296. The number of rotatable bonds is 7. The van der Waals surface area contributed by atoms with Crippen LogP contribution in [0.3, 0.4) is 0 Å². The Balaban J connectivity index is 1.58. The summed E-state index contributed by atoms with van der Waals surface area (Å²) in [5.74, 6) is 0.818. The molecular weight excluding hydrogens is 464 g/mol. The number of aryl methyl sites for hydroxylation is 4. The lowest BCUT2D eigenvalue weighted by molar-refractivity contribution is -0.116.